The highest BCUT2D eigenvalue weighted by Crippen LogP contribution is 2.19. The maximum atomic E-state index is 11.9. The largest absolute Gasteiger partial charge is 0.466 e. The summed E-state index contributed by atoms with van der Waals surface area (Å²) in [6.45, 7) is 5.07. The third-order valence-electron chi connectivity index (χ3n) is 5.35. The van der Waals surface area contributed by atoms with Crippen molar-refractivity contribution in [1.29, 1.82) is 0 Å². The van der Waals surface area contributed by atoms with Crippen LogP contribution in [-0.2, 0) is 22.6 Å². The maximum absolute atomic E-state index is 11.9. The quantitative estimate of drug-likeness (QED) is 0.265. The minimum Gasteiger partial charge on any atom is -0.466 e. The molecule has 1 aliphatic heterocycles. The van der Waals surface area contributed by atoms with Gasteiger partial charge in [-0.15, -0.1) is 24.0 Å². The van der Waals surface area contributed by atoms with Gasteiger partial charge in [0.15, 0.2) is 5.96 Å². The second-order valence-corrected chi connectivity index (χ2v) is 7.40. The lowest BCUT2D eigenvalue weighted by Gasteiger charge is -2.33. The number of carbonyl (C=O) groups is 1. The van der Waals surface area contributed by atoms with E-state index >= 15 is 0 Å². The minimum absolute atomic E-state index is 0. The molecular formula is C23H31IN4O3. The van der Waals surface area contributed by atoms with Crippen molar-refractivity contribution in [3.8, 4) is 0 Å². The summed E-state index contributed by atoms with van der Waals surface area (Å²) < 4.78 is 6.83. The van der Waals surface area contributed by atoms with Crippen LogP contribution in [0.3, 0.4) is 0 Å². The molecule has 1 aromatic heterocycles. The Hall–Kier alpha value is -2.36. The fourth-order valence-corrected chi connectivity index (χ4v) is 3.65. The van der Waals surface area contributed by atoms with Crippen LogP contribution in [0.4, 0.5) is 0 Å². The molecule has 168 valence electrons. The number of halogens is 1. The van der Waals surface area contributed by atoms with Gasteiger partial charge >= 0.3 is 5.97 Å². The number of benzene rings is 1. The molecule has 1 saturated heterocycles. The van der Waals surface area contributed by atoms with Gasteiger partial charge in [0.25, 0.3) is 5.56 Å². The lowest BCUT2D eigenvalue weighted by Crippen LogP contribution is -2.46. The highest BCUT2D eigenvalue weighted by Gasteiger charge is 2.27. The van der Waals surface area contributed by atoms with E-state index in [4.69, 9.17) is 4.74 Å². The van der Waals surface area contributed by atoms with Crippen molar-refractivity contribution < 1.29 is 9.53 Å². The Kier molecular flexibility index (Phi) is 10.0. The van der Waals surface area contributed by atoms with Gasteiger partial charge < -0.3 is 19.5 Å². The number of hydrogen-bond donors (Lipinski definition) is 1. The number of esters is 1. The molecule has 2 aromatic rings. The second kappa shape index (κ2) is 12.5. The zero-order valence-electron chi connectivity index (χ0n) is 18.1. The van der Waals surface area contributed by atoms with Crippen LogP contribution in [0.15, 0.2) is 58.4 Å². The van der Waals surface area contributed by atoms with Gasteiger partial charge in [-0.3, -0.25) is 14.6 Å². The fourth-order valence-electron chi connectivity index (χ4n) is 3.65. The molecule has 2 heterocycles. The Morgan fingerprint density at radius 2 is 1.81 bits per heavy atom. The highest BCUT2D eigenvalue weighted by molar-refractivity contribution is 14.0. The monoisotopic (exact) mass is 538 g/mol. The van der Waals surface area contributed by atoms with Gasteiger partial charge in [-0.25, -0.2) is 0 Å². The minimum atomic E-state index is -0.0852. The van der Waals surface area contributed by atoms with Gasteiger partial charge in [0.05, 0.1) is 19.1 Å². The normalized spacial score (nSPS) is 14.6. The lowest BCUT2D eigenvalue weighted by molar-refractivity contribution is -0.149. The van der Waals surface area contributed by atoms with Gasteiger partial charge in [-0.05, 0) is 37.0 Å². The molecule has 8 heteroatoms. The van der Waals surface area contributed by atoms with Crippen LogP contribution in [0.25, 0.3) is 0 Å². The number of hydrogen-bond acceptors (Lipinski definition) is 4. The topological polar surface area (TPSA) is 75.9 Å². The second-order valence-electron chi connectivity index (χ2n) is 7.40. The van der Waals surface area contributed by atoms with E-state index < -0.39 is 0 Å². The van der Waals surface area contributed by atoms with Gasteiger partial charge in [-0.1, -0.05) is 30.3 Å². The molecule has 1 aliphatic rings. The summed E-state index contributed by atoms with van der Waals surface area (Å²) >= 11 is 0. The standard InChI is InChI=1S/C23H30N4O3.HI/c1-3-30-22(29)20-11-14-26(15-12-20)23(24-2)25-16-18-7-9-19(10-8-18)17-27-13-5-4-6-21(27)28;/h4-10,13,20H,3,11-12,14-17H2,1-2H3,(H,24,25);1H. The van der Waals surface area contributed by atoms with E-state index in [0.29, 0.717) is 19.7 Å². The molecule has 0 unspecified atom stereocenters. The Balaban J connectivity index is 0.00000341. The maximum Gasteiger partial charge on any atom is 0.309 e. The molecule has 3 rings (SSSR count). The number of piperidine rings is 1. The van der Waals surface area contributed by atoms with Crippen LogP contribution < -0.4 is 10.9 Å². The first-order chi connectivity index (χ1) is 14.6. The van der Waals surface area contributed by atoms with Crippen LogP contribution >= 0.6 is 24.0 Å². The number of aromatic nitrogens is 1. The molecule has 31 heavy (non-hydrogen) atoms. The number of nitrogens with one attached hydrogen (secondary N) is 1. The zero-order chi connectivity index (χ0) is 21.3. The number of nitrogens with zero attached hydrogens (tertiary/aromatic N) is 3. The molecule has 0 bridgehead atoms. The Bertz CT molecular complexity index is 919. The Labute approximate surface area is 200 Å². The van der Waals surface area contributed by atoms with Gasteiger partial charge in [0.1, 0.15) is 0 Å². The molecule has 0 spiro atoms. The third kappa shape index (κ3) is 7.09. The summed E-state index contributed by atoms with van der Waals surface area (Å²) in [5, 5.41) is 3.41. The number of likely N-dealkylation sites (tertiary alicyclic amines) is 1. The summed E-state index contributed by atoms with van der Waals surface area (Å²) in [7, 11) is 1.78. The van der Waals surface area contributed by atoms with Crippen LogP contribution in [0.1, 0.15) is 30.9 Å². The number of aliphatic imine (C=N–C) groups is 1. The molecule has 0 atom stereocenters. The van der Waals surface area contributed by atoms with E-state index in [2.05, 4.69) is 27.3 Å². The number of guanidine groups is 1. The van der Waals surface area contributed by atoms with Crippen molar-refractivity contribution in [2.45, 2.75) is 32.9 Å². The zero-order valence-corrected chi connectivity index (χ0v) is 20.5. The van der Waals surface area contributed by atoms with E-state index in [1.807, 2.05) is 25.1 Å². The highest BCUT2D eigenvalue weighted by atomic mass is 127. The van der Waals surface area contributed by atoms with Crippen LogP contribution in [0.5, 0.6) is 0 Å². The number of rotatable bonds is 6. The summed E-state index contributed by atoms with van der Waals surface area (Å²) in [6, 6.07) is 13.4. The molecular weight excluding hydrogens is 507 g/mol. The van der Waals surface area contributed by atoms with E-state index in [9.17, 15) is 9.59 Å². The Morgan fingerprint density at radius 3 is 2.42 bits per heavy atom. The van der Waals surface area contributed by atoms with E-state index in [1.165, 1.54) is 0 Å². The van der Waals surface area contributed by atoms with Gasteiger partial charge in [0.2, 0.25) is 0 Å². The van der Waals surface area contributed by atoms with E-state index in [1.54, 1.807) is 29.9 Å². The number of carbonyl (C=O) groups excluding carboxylic acids is 1. The van der Waals surface area contributed by atoms with Gasteiger partial charge in [0, 0.05) is 38.9 Å². The first-order valence-corrected chi connectivity index (χ1v) is 10.5. The number of pyridine rings is 1. The summed E-state index contributed by atoms with van der Waals surface area (Å²) in [5.74, 6) is 0.749. The van der Waals surface area contributed by atoms with Crippen molar-refractivity contribution in [1.82, 2.24) is 14.8 Å². The smallest absolute Gasteiger partial charge is 0.309 e. The van der Waals surface area contributed by atoms with Gasteiger partial charge in [-0.2, -0.15) is 0 Å². The first kappa shape index (κ1) is 24.9. The lowest BCUT2D eigenvalue weighted by atomic mass is 9.97. The molecule has 0 amide bonds. The third-order valence-corrected chi connectivity index (χ3v) is 5.35. The van der Waals surface area contributed by atoms with E-state index in [-0.39, 0.29) is 41.4 Å². The summed E-state index contributed by atoms with van der Waals surface area (Å²) in [6.07, 6.45) is 3.37. The molecule has 1 N–H and O–H groups in total. The van der Waals surface area contributed by atoms with Crippen molar-refractivity contribution in [2.24, 2.45) is 10.9 Å². The van der Waals surface area contributed by atoms with E-state index in [0.717, 1.165) is 43.0 Å². The molecule has 1 fully saturated rings. The summed E-state index contributed by atoms with van der Waals surface area (Å²) in [5.41, 5.74) is 2.22. The van der Waals surface area contributed by atoms with Crippen molar-refractivity contribution in [3.63, 3.8) is 0 Å². The Morgan fingerprint density at radius 1 is 1.13 bits per heavy atom. The SMILES string of the molecule is CCOC(=O)C1CCN(C(=NC)NCc2ccc(Cn3ccccc3=O)cc2)CC1.I. The molecule has 1 aromatic carbocycles. The average molecular weight is 538 g/mol. The first-order valence-electron chi connectivity index (χ1n) is 10.5. The predicted molar refractivity (Wildman–Crippen MR) is 133 cm³/mol. The van der Waals surface area contributed by atoms with Crippen molar-refractivity contribution in [3.05, 3.63) is 70.1 Å². The predicted octanol–water partition coefficient (Wildman–Crippen LogP) is 2.87. The molecule has 0 aliphatic carbocycles. The molecule has 0 radical (unpaired) electrons. The van der Waals surface area contributed by atoms with Crippen molar-refractivity contribution >= 4 is 35.9 Å². The average Bonchev–Trinajstić information content (AvgIpc) is 2.77. The van der Waals surface area contributed by atoms with Crippen molar-refractivity contribution in [2.75, 3.05) is 26.7 Å². The summed E-state index contributed by atoms with van der Waals surface area (Å²) in [4.78, 5) is 30.3. The molecule has 7 nitrogen and oxygen atoms in total. The van der Waals surface area contributed by atoms with Crippen LogP contribution in [-0.4, -0.2) is 48.1 Å². The van der Waals surface area contributed by atoms with Crippen LogP contribution in [0, 0.1) is 5.92 Å². The number of ether oxygens (including phenoxy) is 1. The fraction of sp³-hybridized carbons (Fsp3) is 0.435. The molecule has 0 saturated carbocycles. The van der Waals surface area contributed by atoms with Crippen LogP contribution in [0.2, 0.25) is 0 Å².